The van der Waals surface area contributed by atoms with Crippen molar-refractivity contribution in [3.63, 3.8) is 0 Å². The van der Waals surface area contributed by atoms with Crippen molar-refractivity contribution in [3.8, 4) is 6.07 Å². The number of carbonyl (C=O) groups excluding carboxylic acids is 1. The molecule has 1 spiro atoms. The summed E-state index contributed by atoms with van der Waals surface area (Å²) in [6.45, 7) is 1.15. The predicted octanol–water partition coefficient (Wildman–Crippen LogP) is 4.16. The van der Waals surface area contributed by atoms with Crippen LogP contribution in [0.2, 0.25) is 0 Å². The number of aliphatic hydroxyl groups excluding tert-OH is 1. The van der Waals surface area contributed by atoms with Gasteiger partial charge in [0.2, 0.25) is 10.0 Å². The van der Waals surface area contributed by atoms with Gasteiger partial charge in [-0.05, 0) is 61.4 Å². The quantitative estimate of drug-likeness (QED) is 0.433. The Kier molecular flexibility index (Phi) is 7.63. The zero-order valence-electron chi connectivity index (χ0n) is 22.1. The van der Waals surface area contributed by atoms with Crippen LogP contribution in [0.15, 0.2) is 36.4 Å². The summed E-state index contributed by atoms with van der Waals surface area (Å²) < 4.78 is 54.4. The van der Waals surface area contributed by atoms with E-state index in [0.717, 1.165) is 25.9 Å². The maximum absolute atomic E-state index is 13.7. The average Bonchev–Trinajstić information content (AvgIpc) is 3.67. The number of anilines is 4. The number of sulfonamides is 1. The van der Waals surface area contributed by atoms with Crippen LogP contribution >= 0.6 is 0 Å². The summed E-state index contributed by atoms with van der Waals surface area (Å²) in [7, 11) is -3.76. The van der Waals surface area contributed by atoms with Crippen molar-refractivity contribution < 1.29 is 27.1 Å². The SMILES string of the molecule is N#Cc1c(NC(=O)c2ccc(NS(=O)(=O)CCO)cc2N2CCC3(CC2)CC3)cccc1N1CCC(F)(F)CC1. The van der Waals surface area contributed by atoms with Crippen LogP contribution in [0.25, 0.3) is 0 Å². The van der Waals surface area contributed by atoms with Gasteiger partial charge in [-0.2, -0.15) is 5.26 Å². The Morgan fingerprint density at radius 1 is 0.975 bits per heavy atom. The molecule has 2 aromatic carbocycles. The van der Waals surface area contributed by atoms with Crippen LogP contribution in [-0.4, -0.2) is 63.9 Å². The lowest BCUT2D eigenvalue weighted by molar-refractivity contribution is -0.0220. The van der Waals surface area contributed by atoms with Crippen LogP contribution in [0.5, 0.6) is 0 Å². The Bertz CT molecular complexity index is 1420. The second-order valence-corrected chi connectivity index (χ2v) is 12.8. The highest BCUT2D eigenvalue weighted by molar-refractivity contribution is 7.92. The van der Waals surface area contributed by atoms with Crippen molar-refractivity contribution in [1.29, 1.82) is 5.26 Å². The third-order valence-electron chi connectivity index (χ3n) is 8.24. The van der Waals surface area contributed by atoms with Gasteiger partial charge in [0.15, 0.2) is 0 Å². The molecule has 2 aromatic rings. The number of hydrogen-bond acceptors (Lipinski definition) is 7. The first-order valence-corrected chi connectivity index (χ1v) is 15.2. The zero-order valence-corrected chi connectivity index (χ0v) is 22.9. The minimum atomic E-state index is -3.76. The van der Waals surface area contributed by atoms with Crippen LogP contribution in [0.1, 0.15) is 54.4 Å². The summed E-state index contributed by atoms with van der Waals surface area (Å²) in [5.74, 6) is -3.64. The molecule has 5 rings (SSSR count). The van der Waals surface area contributed by atoms with Gasteiger partial charge in [0.05, 0.1) is 46.2 Å². The summed E-state index contributed by atoms with van der Waals surface area (Å²) >= 11 is 0. The minimum Gasteiger partial charge on any atom is -0.395 e. The fourth-order valence-electron chi connectivity index (χ4n) is 5.59. The molecule has 0 radical (unpaired) electrons. The Balaban J connectivity index is 1.42. The molecular formula is C28H33F2N5O4S. The van der Waals surface area contributed by atoms with Crippen LogP contribution < -0.4 is 19.8 Å². The number of nitrogens with zero attached hydrogens (tertiary/aromatic N) is 3. The maximum atomic E-state index is 13.7. The van der Waals surface area contributed by atoms with Crippen LogP contribution in [-0.2, 0) is 10.0 Å². The Morgan fingerprint density at radius 2 is 1.62 bits per heavy atom. The second-order valence-electron chi connectivity index (χ2n) is 11.0. The summed E-state index contributed by atoms with van der Waals surface area (Å²) in [5.41, 5.74) is 2.54. The first-order valence-electron chi connectivity index (χ1n) is 13.5. The molecule has 40 heavy (non-hydrogen) atoms. The Morgan fingerprint density at radius 3 is 2.25 bits per heavy atom. The van der Waals surface area contributed by atoms with Crippen LogP contribution in [0, 0.1) is 16.7 Å². The first kappa shape index (κ1) is 28.1. The second kappa shape index (κ2) is 10.9. The lowest BCUT2D eigenvalue weighted by Gasteiger charge is -2.35. The summed E-state index contributed by atoms with van der Waals surface area (Å²) in [4.78, 5) is 17.4. The highest BCUT2D eigenvalue weighted by Gasteiger charge is 2.44. The molecule has 0 aromatic heterocycles. The van der Waals surface area contributed by atoms with E-state index < -0.39 is 34.2 Å². The van der Waals surface area contributed by atoms with E-state index in [0.29, 0.717) is 22.4 Å². The van der Waals surface area contributed by atoms with Crippen molar-refractivity contribution in [2.75, 3.05) is 58.4 Å². The molecule has 2 saturated heterocycles. The molecule has 1 aliphatic carbocycles. The molecule has 1 saturated carbocycles. The van der Waals surface area contributed by atoms with Crippen molar-refractivity contribution in [3.05, 3.63) is 47.5 Å². The van der Waals surface area contributed by atoms with Gasteiger partial charge in [-0.1, -0.05) is 6.07 Å². The van der Waals surface area contributed by atoms with E-state index in [9.17, 15) is 27.3 Å². The van der Waals surface area contributed by atoms with E-state index in [-0.39, 0.29) is 42.9 Å². The number of alkyl halides is 2. The van der Waals surface area contributed by atoms with E-state index in [2.05, 4.69) is 21.0 Å². The molecule has 1 amide bonds. The molecule has 12 heteroatoms. The number of rotatable bonds is 8. The van der Waals surface area contributed by atoms with Gasteiger partial charge in [0.1, 0.15) is 6.07 Å². The van der Waals surface area contributed by atoms with Gasteiger partial charge in [-0.15, -0.1) is 0 Å². The number of benzene rings is 2. The van der Waals surface area contributed by atoms with E-state index >= 15 is 0 Å². The van der Waals surface area contributed by atoms with Gasteiger partial charge in [0.25, 0.3) is 11.8 Å². The molecule has 0 unspecified atom stereocenters. The lowest BCUT2D eigenvalue weighted by Crippen LogP contribution is -2.39. The van der Waals surface area contributed by atoms with Crippen molar-refractivity contribution in [2.24, 2.45) is 5.41 Å². The smallest absolute Gasteiger partial charge is 0.257 e. The van der Waals surface area contributed by atoms with Gasteiger partial charge in [-0.25, -0.2) is 17.2 Å². The fourth-order valence-corrected chi connectivity index (χ4v) is 6.42. The molecule has 0 atom stereocenters. The summed E-state index contributed by atoms with van der Waals surface area (Å²) in [6.07, 6.45) is 3.79. The highest BCUT2D eigenvalue weighted by atomic mass is 32.2. The van der Waals surface area contributed by atoms with Crippen LogP contribution in [0.3, 0.4) is 0 Å². The van der Waals surface area contributed by atoms with Gasteiger partial charge in [-0.3, -0.25) is 9.52 Å². The van der Waals surface area contributed by atoms with E-state index in [1.165, 1.54) is 18.9 Å². The third kappa shape index (κ3) is 6.15. The number of nitrogens with one attached hydrogen (secondary N) is 2. The summed E-state index contributed by atoms with van der Waals surface area (Å²) in [5, 5.41) is 21.9. The van der Waals surface area contributed by atoms with Gasteiger partial charge in [0, 0.05) is 39.0 Å². The molecule has 214 valence electrons. The number of carbonyl (C=O) groups is 1. The molecule has 3 aliphatic rings. The molecule has 0 bridgehead atoms. The molecular weight excluding hydrogens is 540 g/mol. The average molecular weight is 574 g/mol. The number of nitriles is 1. The number of amides is 1. The Hall–Kier alpha value is -3.43. The minimum absolute atomic E-state index is 0.104. The zero-order chi connectivity index (χ0) is 28.5. The fraction of sp³-hybridized carbons (Fsp3) is 0.500. The molecule has 2 aliphatic heterocycles. The van der Waals surface area contributed by atoms with E-state index in [1.54, 1.807) is 35.2 Å². The van der Waals surface area contributed by atoms with Crippen molar-refractivity contribution in [1.82, 2.24) is 0 Å². The van der Waals surface area contributed by atoms with E-state index in [1.807, 2.05) is 0 Å². The molecule has 3 N–H and O–H groups in total. The largest absolute Gasteiger partial charge is 0.395 e. The molecule has 2 heterocycles. The van der Waals surface area contributed by atoms with Crippen LogP contribution in [0.4, 0.5) is 31.5 Å². The van der Waals surface area contributed by atoms with Gasteiger partial charge >= 0.3 is 0 Å². The number of piperidine rings is 2. The monoisotopic (exact) mass is 573 g/mol. The molecule has 9 nitrogen and oxygen atoms in total. The molecule has 3 fully saturated rings. The maximum Gasteiger partial charge on any atom is 0.257 e. The first-order chi connectivity index (χ1) is 19.0. The van der Waals surface area contributed by atoms with Crippen molar-refractivity contribution >= 4 is 38.7 Å². The Labute approximate surface area is 232 Å². The third-order valence-corrected chi connectivity index (χ3v) is 9.50. The summed E-state index contributed by atoms with van der Waals surface area (Å²) in [6, 6.07) is 11.8. The lowest BCUT2D eigenvalue weighted by atomic mass is 9.93. The van der Waals surface area contributed by atoms with E-state index in [4.69, 9.17) is 5.11 Å². The van der Waals surface area contributed by atoms with Crippen molar-refractivity contribution in [2.45, 2.75) is 44.4 Å². The standard InChI is InChI=1S/C28H33F2N5O4S/c29-28(30)10-14-34(15-11-28)24-3-1-2-23(22(24)19-31)32-26(37)21-5-4-20(33-40(38,39)17-16-36)18-25(21)35-12-8-27(6-7-27)9-13-35/h1-5,18,33,36H,6-17H2,(H,32,37). The number of halogens is 2. The van der Waals surface area contributed by atoms with Gasteiger partial charge < -0.3 is 20.2 Å². The number of hydrogen-bond donors (Lipinski definition) is 3. The topological polar surface area (TPSA) is 126 Å². The number of aliphatic hydroxyl groups is 1. The normalized spacial score (nSPS) is 19.6. The predicted molar refractivity (Wildman–Crippen MR) is 150 cm³/mol. The highest BCUT2D eigenvalue weighted by Crippen LogP contribution is 2.54.